The van der Waals surface area contributed by atoms with E-state index in [1.807, 2.05) is 24.4 Å². The first-order valence-electron chi connectivity index (χ1n) is 4.99. The predicted octanol–water partition coefficient (Wildman–Crippen LogP) is 3.17. The number of thiophene rings is 1. The lowest BCUT2D eigenvalue weighted by Gasteiger charge is -2.05. The van der Waals surface area contributed by atoms with Crippen LogP contribution < -0.4 is 5.32 Å². The van der Waals surface area contributed by atoms with Crippen LogP contribution >= 0.6 is 11.3 Å². The molecule has 0 aliphatic heterocycles. The average molecular weight is 236 g/mol. The Bertz CT molecular complexity index is 522. The highest BCUT2D eigenvalue weighted by molar-refractivity contribution is 7.17. The zero-order valence-corrected chi connectivity index (χ0v) is 9.93. The molecule has 2 aromatic rings. The fourth-order valence-electron chi connectivity index (χ4n) is 1.46. The minimum Gasteiger partial charge on any atom is -0.450 e. The van der Waals surface area contributed by atoms with Gasteiger partial charge in [-0.15, -0.1) is 11.3 Å². The van der Waals surface area contributed by atoms with Crippen molar-refractivity contribution in [1.29, 1.82) is 0 Å². The number of aromatic nitrogens is 1. The highest BCUT2D eigenvalue weighted by Gasteiger charge is 2.07. The number of fused-ring (bicyclic) bond motifs is 1. The second-order valence-electron chi connectivity index (χ2n) is 3.27. The first-order chi connectivity index (χ1) is 7.70. The Morgan fingerprint density at radius 1 is 1.62 bits per heavy atom. The van der Waals surface area contributed by atoms with Gasteiger partial charge in [0.2, 0.25) is 0 Å². The van der Waals surface area contributed by atoms with Gasteiger partial charge in [0.25, 0.3) is 0 Å². The summed E-state index contributed by atoms with van der Waals surface area (Å²) in [6, 6.07) is 3.88. The van der Waals surface area contributed by atoms with Crippen molar-refractivity contribution in [2.45, 2.75) is 13.8 Å². The largest absolute Gasteiger partial charge is 0.450 e. The van der Waals surface area contributed by atoms with Gasteiger partial charge in [0.05, 0.1) is 6.61 Å². The molecule has 0 fully saturated rings. The van der Waals surface area contributed by atoms with E-state index < -0.39 is 6.09 Å². The second kappa shape index (κ2) is 4.49. The number of hydrogen-bond acceptors (Lipinski definition) is 4. The van der Waals surface area contributed by atoms with Gasteiger partial charge in [-0.05, 0) is 31.4 Å². The SMILES string of the molecule is CCOC(=O)Nc1cc2sccc2c(C)n1. The Balaban J connectivity index is 2.28. The highest BCUT2D eigenvalue weighted by Crippen LogP contribution is 2.25. The van der Waals surface area contributed by atoms with Crippen LogP contribution in [-0.4, -0.2) is 17.7 Å². The van der Waals surface area contributed by atoms with E-state index in [0.717, 1.165) is 15.8 Å². The standard InChI is InChI=1S/C11H12N2O2S/c1-3-15-11(14)13-10-6-9-8(4-5-16-9)7(2)12-10/h4-6H,3H2,1-2H3,(H,12,13,14). The number of rotatable bonds is 2. The zero-order chi connectivity index (χ0) is 11.5. The van der Waals surface area contributed by atoms with Gasteiger partial charge < -0.3 is 4.74 Å². The van der Waals surface area contributed by atoms with Crippen LogP contribution in [0.3, 0.4) is 0 Å². The van der Waals surface area contributed by atoms with Gasteiger partial charge in [0.15, 0.2) is 0 Å². The predicted molar refractivity (Wildman–Crippen MR) is 65.0 cm³/mol. The number of amides is 1. The molecular formula is C11H12N2O2S. The minimum absolute atomic E-state index is 0.353. The minimum atomic E-state index is -0.467. The van der Waals surface area contributed by atoms with Crippen molar-refractivity contribution >= 4 is 33.3 Å². The van der Waals surface area contributed by atoms with Gasteiger partial charge in [0, 0.05) is 15.8 Å². The molecule has 0 saturated heterocycles. The molecule has 2 heterocycles. The van der Waals surface area contributed by atoms with Crippen molar-refractivity contribution < 1.29 is 9.53 Å². The molecule has 84 valence electrons. The van der Waals surface area contributed by atoms with Crippen LogP contribution in [0, 0.1) is 6.92 Å². The molecule has 0 aromatic carbocycles. The summed E-state index contributed by atoms with van der Waals surface area (Å²) < 4.78 is 5.90. The van der Waals surface area contributed by atoms with Crippen LogP contribution in [0.5, 0.6) is 0 Å². The number of carbonyl (C=O) groups is 1. The van der Waals surface area contributed by atoms with E-state index in [1.54, 1.807) is 18.3 Å². The van der Waals surface area contributed by atoms with Crippen LogP contribution in [0.4, 0.5) is 10.6 Å². The second-order valence-corrected chi connectivity index (χ2v) is 4.22. The summed E-state index contributed by atoms with van der Waals surface area (Å²) in [5.74, 6) is 0.533. The molecule has 4 nitrogen and oxygen atoms in total. The van der Waals surface area contributed by atoms with E-state index in [-0.39, 0.29) is 0 Å². The highest BCUT2D eigenvalue weighted by atomic mass is 32.1. The third-order valence-electron chi connectivity index (χ3n) is 2.15. The Morgan fingerprint density at radius 3 is 3.19 bits per heavy atom. The molecule has 5 heteroatoms. The van der Waals surface area contributed by atoms with Crippen molar-refractivity contribution in [1.82, 2.24) is 4.98 Å². The van der Waals surface area contributed by atoms with Crippen LogP contribution in [0.15, 0.2) is 17.5 Å². The van der Waals surface area contributed by atoms with Gasteiger partial charge in [-0.1, -0.05) is 0 Å². The lowest BCUT2D eigenvalue weighted by Crippen LogP contribution is -2.14. The van der Waals surface area contributed by atoms with Crippen LogP contribution in [0.1, 0.15) is 12.6 Å². The van der Waals surface area contributed by atoms with Crippen molar-refractivity contribution in [2.24, 2.45) is 0 Å². The van der Waals surface area contributed by atoms with Crippen molar-refractivity contribution in [2.75, 3.05) is 11.9 Å². The Kier molecular flexibility index (Phi) is 3.05. The van der Waals surface area contributed by atoms with Gasteiger partial charge in [-0.3, -0.25) is 5.32 Å². The third-order valence-corrected chi connectivity index (χ3v) is 3.01. The molecule has 0 unspecified atom stereocenters. The number of pyridine rings is 1. The maximum Gasteiger partial charge on any atom is 0.412 e. The maximum absolute atomic E-state index is 11.2. The summed E-state index contributed by atoms with van der Waals surface area (Å²) in [6.45, 7) is 4.04. The first-order valence-corrected chi connectivity index (χ1v) is 5.87. The van der Waals surface area contributed by atoms with Crippen molar-refractivity contribution in [3.05, 3.63) is 23.2 Å². The topological polar surface area (TPSA) is 51.2 Å². The van der Waals surface area contributed by atoms with Crippen LogP contribution in [0.25, 0.3) is 10.1 Å². The molecule has 0 spiro atoms. The Hall–Kier alpha value is -1.62. The molecule has 0 bridgehead atoms. The number of hydrogen-bond donors (Lipinski definition) is 1. The maximum atomic E-state index is 11.2. The molecule has 0 saturated carbocycles. The monoisotopic (exact) mass is 236 g/mol. The van der Waals surface area contributed by atoms with Gasteiger partial charge in [-0.25, -0.2) is 9.78 Å². The zero-order valence-electron chi connectivity index (χ0n) is 9.11. The van der Waals surface area contributed by atoms with E-state index in [4.69, 9.17) is 4.74 Å². The van der Waals surface area contributed by atoms with E-state index in [1.165, 1.54) is 0 Å². The van der Waals surface area contributed by atoms with Gasteiger partial charge >= 0.3 is 6.09 Å². The van der Waals surface area contributed by atoms with Crippen LogP contribution in [0.2, 0.25) is 0 Å². The Morgan fingerprint density at radius 2 is 2.44 bits per heavy atom. The molecule has 0 aliphatic carbocycles. The summed E-state index contributed by atoms with van der Waals surface area (Å²) in [5.41, 5.74) is 0.908. The fourth-order valence-corrected chi connectivity index (χ4v) is 2.34. The summed E-state index contributed by atoms with van der Waals surface area (Å²) in [4.78, 5) is 15.5. The molecular weight excluding hydrogens is 224 g/mol. The molecule has 1 amide bonds. The number of carbonyl (C=O) groups excluding carboxylic acids is 1. The fraction of sp³-hybridized carbons (Fsp3) is 0.273. The van der Waals surface area contributed by atoms with Gasteiger partial charge in [-0.2, -0.15) is 0 Å². The van der Waals surface area contributed by atoms with E-state index >= 15 is 0 Å². The number of aryl methyl sites for hydroxylation is 1. The van der Waals surface area contributed by atoms with Crippen molar-refractivity contribution in [3.63, 3.8) is 0 Å². The number of ether oxygens (including phenoxy) is 1. The smallest absolute Gasteiger partial charge is 0.412 e. The lowest BCUT2D eigenvalue weighted by molar-refractivity contribution is 0.168. The van der Waals surface area contributed by atoms with Crippen LogP contribution in [-0.2, 0) is 4.74 Å². The van der Waals surface area contributed by atoms with Gasteiger partial charge in [0.1, 0.15) is 5.82 Å². The third kappa shape index (κ3) is 2.14. The first kappa shape index (κ1) is 10.9. The summed E-state index contributed by atoms with van der Waals surface area (Å²) in [5, 5.41) is 5.73. The summed E-state index contributed by atoms with van der Waals surface area (Å²) in [7, 11) is 0. The Labute approximate surface area is 97.3 Å². The molecule has 0 aliphatic rings. The summed E-state index contributed by atoms with van der Waals surface area (Å²) >= 11 is 1.62. The molecule has 1 N–H and O–H groups in total. The molecule has 0 atom stereocenters. The lowest BCUT2D eigenvalue weighted by atomic mass is 10.2. The molecule has 16 heavy (non-hydrogen) atoms. The van der Waals surface area contributed by atoms with E-state index in [0.29, 0.717) is 12.4 Å². The van der Waals surface area contributed by atoms with Crippen molar-refractivity contribution in [3.8, 4) is 0 Å². The summed E-state index contributed by atoms with van der Waals surface area (Å²) in [6.07, 6.45) is -0.467. The molecule has 2 aromatic heterocycles. The molecule has 2 rings (SSSR count). The normalized spacial score (nSPS) is 10.4. The van der Waals surface area contributed by atoms with E-state index in [9.17, 15) is 4.79 Å². The quantitative estimate of drug-likeness (QED) is 0.871. The number of anilines is 1. The number of nitrogens with one attached hydrogen (secondary N) is 1. The molecule has 0 radical (unpaired) electrons. The van der Waals surface area contributed by atoms with E-state index in [2.05, 4.69) is 10.3 Å². The number of nitrogens with zero attached hydrogens (tertiary/aromatic N) is 1. The average Bonchev–Trinajstić information content (AvgIpc) is 2.66.